The van der Waals surface area contributed by atoms with E-state index >= 15 is 0 Å². The number of nitrogens with two attached hydrogens (primary N) is 1. The fourth-order valence-corrected chi connectivity index (χ4v) is 2.39. The first-order chi connectivity index (χ1) is 9.38. The summed E-state index contributed by atoms with van der Waals surface area (Å²) in [7, 11) is 0. The molecular formula is C17H20BrNO. The highest BCUT2D eigenvalue weighted by Gasteiger charge is 2.09. The second kappa shape index (κ2) is 5.88. The lowest BCUT2D eigenvalue weighted by Crippen LogP contribution is -1.95. The highest BCUT2D eigenvalue weighted by molar-refractivity contribution is 9.10. The zero-order chi connectivity index (χ0) is 14.9. The van der Waals surface area contributed by atoms with E-state index in [9.17, 15) is 0 Å². The lowest BCUT2D eigenvalue weighted by Gasteiger charge is -2.14. The molecule has 2 aromatic rings. The topological polar surface area (TPSA) is 35.2 Å². The minimum Gasteiger partial charge on any atom is -0.456 e. The molecule has 0 aliphatic rings. The van der Waals surface area contributed by atoms with Gasteiger partial charge in [0.2, 0.25) is 0 Å². The van der Waals surface area contributed by atoms with Crippen LogP contribution in [0.2, 0.25) is 0 Å². The first-order valence-electron chi connectivity index (χ1n) is 6.72. The smallest absolute Gasteiger partial charge is 0.142 e. The predicted molar refractivity (Wildman–Crippen MR) is 88.6 cm³/mol. The summed E-state index contributed by atoms with van der Waals surface area (Å²) < 4.78 is 6.93. The molecule has 0 saturated heterocycles. The molecule has 0 atom stereocenters. The van der Waals surface area contributed by atoms with Gasteiger partial charge in [0.05, 0.1) is 4.47 Å². The average molecular weight is 334 g/mol. The molecule has 0 saturated carbocycles. The van der Waals surface area contributed by atoms with Crippen molar-refractivity contribution in [3.05, 3.63) is 51.5 Å². The fraction of sp³-hybridized carbons (Fsp3) is 0.294. The third kappa shape index (κ3) is 3.15. The number of aryl methyl sites for hydroxylation is 2. The van der Waals surface area contributed by atoms with E-state index in [4.69, 9.17) is 10.5 Å². The van der Waals surface area contributed by atoms with Gasteiger partial charge in [-0.3, -0.25) is 0 Å². The van der Waals surface area contributed by atoms with Crippen molar-refractivity contribution in [2.45, 2.75) is 33.6 Å². The van der Waals surface area contributed by atoms with E-state index in [-0.39, 0.29) is 0 Å². The zero-order valence-electron chi connectivity index (χ0n) is 12.3. The number of anilines is 1. The second-order valence-corrected chi connectivity index (χ2v) is 6.28. The lowest BCUT2D eigenvalue weighted by atomic mass is 10.0. The van der Waals surface area contributed by atoms with Crippen LogP contribution in [0.25, 0.3) is 0 Å². The summed E-state index contributed by atoms with van der Waals surface area (Å²) in [5.41, 5.74) is 10.1. The van der Waals surface area contributed by atoms with Gasteiger partial charge >= 0.3 is 0 Å². The molecule has 0 aromatic heterocycles. The minimum atomic E-state index is 0.481. The van der Waals surface area contributed by atoms with Gasteiger partial charge in [-0.25, -0.2) is 0 Å². The molecule has 2 nitrogen and oxygen atoms in total. The first kappa shape index (κ1) is 14.9. The summed E-state index contributed by atoms with van der Waals surface area (Å²) >= 11 is 3.51. The third-order valence-corrected chi connectivity index (χ3v) is 4.04. The van der Waals surface area contributed by atoms with Crippen molar-refractivity contribution in [2.75, 3.05) is 5.73 Å². The van der Waals surface area contributed by atoms with E-state index < -0.39 is 0 Å². The lowest BCUT2D eigenvalue weighted by molar-refractivity contribution is 0.474. The Bertz CT molecular complexity index is 635. The van der Waals surface area contributed by atoms with Gasteiger partial charge in [-0.05, 0) is 70.6 Å². The number of halogens is 1. The number of nitrogen functional groups attached to an aromatic ring is 1. The van der Waals surface area contributed by atoms with E-state index in [1.54, 1.807) is 0 Å². The van der Waals surface area contributed by atoms with Crippen molar-refractivity contribution < 1.29 is 4.74 Å². The molecule has 0 heterocycles. The van der Waals surface area contributed by atoms with Crippen LogP contribution in [0.15, 0.2) is 34.8 Å². The summed E-state index contributed by atoms with van der Waals surface area (Å²) in [6, 6.07) is 10.2. The van der Waals surface area contributed by atoms with E-state index in [1.165, 1.54) is 5.56 Å². The standard InChI is InChI=1S/C17H20BrNO/c1-10(2)13-6-5-11(3)16(8-13)20-17-7-12(4)15(19)9-14(17)18/h5-10H,19H2,1-4H3. The maximum absolute atomic E-state index is 6.06. The first-order valence-corrected chi connectivity index (χ1v) is 7.52. The monoisotopic (exact) mass is 333 g/mol. The summed E-state index contributed by atoms with van der Waals surface area (Å²) in [5.74, 6) is 2.16. The van der Waals surface area contributed by atoms with Gasteiger partial charge in [0.15, 0.2) is 0 Å². The van der Waals surface area contributed by atoms with Crippen LogP contribution in [-0.4, -0.2) is 0 Å². The van der Waals surface area contributed by atoms with Crippen LogP contribution in [0.1, 0.15) is 36.5 Å². The van der Waals surface area contributed by atoms with Gasteiger partial charge in [-0.15, -0.1) is 0 Å². The largest absolute Gasteiger partial charge is 0.456 e. The Kier molecular flexibility index (Phi) is 4.39. The van der Waals surface area contributed by atoms with Crippen LogP contribution in [0, 0.1) is 13.8 Å². The van der Waals surface area contributed by atoms with Crippen molar-refractivity contribution in [1.29, 1.82) is 0 Å². The van der Waals surface area contributed by atoms with E-state index in [0.717, 1.165) is 32.8 Å². The van der Waals surface area contributed by atoms with Crippen molar-refractivity contribution >= 4 is 21.6 Å². The number of hydrogen-bond acceptors (Lipinski definition) is 2. The minimum absolute atomic E-state index is 0.481. The molecule has 20 heavy (non-hydrogen) atoms. The molecule has 0 aliphatic heterocycles. The number of ether oxygens (including phenoxy) is 1. The quantitative estimate of drug-likeness (QED) is 0.746. The maximum Gasteiger partial charge on any atom is 0.142 e. The highest BCUT2D eigenvalue weighted by Crippen LogP contribution is 2.35. The van der Waals surface area contributed by atoms with Crippen LogP contribution in [0.5, 0.6) is 11.5 Å². The molecule has 2 aromatic carbocycles. The van der Waals surface area contributed by atoms with Gasteiger partial charge in [0, 0.05) is 5.69 Å². The summed E-state index contributed by atoms with van der Waals surface area (Å²) in [6.45, 7) is 8.39. The van der Waals surface area contributed by atoms with Gasteiger partial charge < -0.3 is 10.5 Å². The van der Waals surface area contributed by atoms with Crippen molar-refractivity contribution in [3.8, 4) is 11.5 Å². The van der Waals surface area contributed by atoms with Crippen LogP contribution in [-0.2, 0) is 0 Å². The number of hydrogen-bond donors (Lipinski definition) is 1. The molecule has 0 unspecified atom stereocenters. The molecule has 2 N–H and O–H groups in total. The molecule has 2 rings (SSSR count). The normalized spacial score (nSPS) is 10.9. The molecule has 0 bridgehead atoms. The Labute approximate surface area is 129 Å². The van der Waals surface area contributed by atoms with Crippen molar-refractivity contribution in [3.63, 3.8) is 0 Å². The zero-order valence-corrected chi connectivity index (χ0v) is 13.9. The molecule has 3 heteroatoms. The van der Waals surface area contributed by atoms with Crippen LogP contribution in [0.3, 0.4) is 0 Å². The summed E-state index contributed by atoms with van der Waals surface area (Å²) in [5, 5.41) is 0. The molecular weight excluding hydrogens is 314 g/mol. The molecule has 0 fully saturated rings. The molecule has 0 spiro atoms. The van der Waals surface area contributed by atoms with Crippen molar-refractivity contribution in [1.82, 2.24) is 0 Å². The second-order valence-electron chi connectivity index (χ2n) is 5.42. The molecule has 0 radical (unpaired) electrons. The van der Waals surface area contributed by atoms with E-state index in [1.807, 2.05) is 19.1 Å². The van der Waals surface area contributed by atoms with Crippen LogP contribution >= 0.6 is 15.9 Å². The summed E-state index contributed by atoms with van der Waals surface area (Å²) in [6.07, 6.45) is 0. The third-order valence-electron chi connectivity index (χ3n) is 3.42. The highest BCUT2D eigenvalue weighted by atomic mass is 79.9. The van der Waals surface area contributed by atoms with Crippen LogP contribution in [0.4, 0.5) is 5.69 Å². The number of rotatable bonds is 3. The Morgan fingerprint density at radius 3 is 2.35 bits per heavy atom. The van der Waals surface area contributed by atoms with Gasteiger partial charge in [-0.1, -0.05) is 26.0 Å². The summed E-state index contributed by atoms with van der Waals surface area (Å²) in [4.78, 5) is 0. The Balaban J connectivity index is 2.39. The molecule has 106 valence electrons. The average Bonchev–Trinajstić information content (AvgIpc) is 2.38. The van der Waals surface area contributed by atoms with E-state index in [0.29, 0.717) is 5.92 Å². The Hall–Kier alpha value is -1.48. The Morgan fingerprint density at radius 2 is 1.70 bits per heavy atom. The van der Waals surface area contributed by atoms with Crippen LogP contribution < -0.4 is 10.5 Å². The van der Waals surface area contributed by atoms with E-state index in [2.05, 4.69) is 54.9 Å². The van der Waals surface area contributed by atoms with Gasteiger partial charge in [0.25, 0.3) is 0 Å². The molecule has 0 aliphatic carbocycles. The van der Waals surface area contributed by atoms with Gasteiger partial charge in [0.1, 0.15) is 11.5 Å². The fourth-order valence-electron chi connectivity index (χ4n) is 1.95. The number of benzene rings is 2. The maximum atomic E-state index is 6.06. The van der Waals surface area contributed by atoms with Gasteiger partial charge in [-0.2, -0.15) is 0 Å². The predicted octanol–water partition coefficient (Wildman–Crippen LogP) is 5.56. The molecule has 0 amide bonds. The Morgan fingerprint density at radius 1 is 1.00 bits per heavy atom. The van der Waals surface area contributed by atoms with Crippen molar-refractivity contribution in [2.24, 2.45) is 0 Å². The SMILES string of the molecule is Cc1cc(Oc2cc(C(C)C)ccc2C)c(Br)cc1N.